The highest BCUT2D eigenvalue weighted by Gasteiger charge is 2.29. The molecule has 0 bridgehead atoms. The average molecular weight is 404 g/mol. The van der Waals surface area contributed by atoms with E-state index >= 15 is 0 Å². The molecule has 3 aromatic rings. The van der Waals surface area contributed by atoms with Crippen LogP contribution >= 0.6 is 11.3 Å². The fourth-order valence-electron chi connectivity index (χ4n) is 2.60. The Morgan fingerprint density at radius 3 is 2.48 bits per heavy atom. The van der Waals surface area contributed by atoms with E-state index in [4.69, 9.17) is 0 Å². The van der Waals surface area contributed by atoms with Crippen LogP contribution in [0.1, 0.15) is 19.4 Å². The molecule has 0 aliphatic carbocycles. The molecule has 2 N–H and O–H groups in total. The van der Waals surface area contributed by atoms with Crippen molar-refractivity contribution in [1.82, 2.24) is 9.71 Å². The van der Waals surface area contributed by atoms with Crippen LogP contribution in [0.5, 0.6) is 0 Å². The highest BCUT2D eigenvalue weighted by atomic mass is 32.2. The highest BCUT2D eigenvalue weighted by molar-refractivity contribution is 7.89. The molecule has 0 spiro atoms. The van der Waals surface area contributed by atoms with Gasteiger partial charge in [0.05, 0.1) is 15.1 Å². The number of benzene rings is 2. The molecule has 0 saturated carbocycles. The Labute approximate surface area is 162 Å². The number of sulfonamides is 1. The monoisotopic (exact) mass is 403 g/mol. The topological polar surface area (TPSA) is 88.2 Å². The van der Waals surface area contributed by atoms with Crippen molar-refractivity contribution in [3.05, 3.63) is 54.1 Å². The average Bonchev–Trinajstić information content (AvgIpc) is 3.01. The summed E-state index contributed by atoms with van der Waals surface area (Å²) in [6, 6.07) is 12.9. The Hall–Kier alpha value is -2.29. The van der Waals surface area contributed by atoms with Gasteiger partial charge < -0.3 is 5.32 Å². The number of carbonyl (C=O) groups is 1. The molecule has 0 fully saturated rings. The lowest BCUT2D eigenvalue weighted by Gasteiger charge is -2.21. The maximum atomic E-state index is 12.7. The van der Waals surface area contributed by atoms with Crippen LogP contribution in [0.4, 0.5) is 5.13 Å². The van der Waals surface area contributed by atoms with Gasteiger partial charge in [-0.2, -0.15) is 4.72 Å². The molecule has 6 nitrogen and oxygen atoms in total. The van der Waals surface area contributed by atoms with Crippen LogP contribution in [0.3, 0.4) is 0 Å². The van der Waals surface area contributed by atoms with Crippen LogP contribution in [-0.4, -0.2) is 25.4 Å². The van der Waals surface area contributed by atoms with Gasteiger partial charge in [0.2, 0.25) is 15.9 Å². The Kier molecular flexibility index (Phi) is 5.59. The van der Waals surface area contributed by atoms with Gasteiger partial charge in [0.15, 0.2) is 5.13 Å². The lowest BCUT2D eigenvalue weighted by atomic mass is 10.1. The van der Waals surface area contributed by atoms with Crippen molar-refractivity contribution in [3.8, 4) is 0 Å². The van der Waals surface area contributed by atoms with E-state index in [1.165, 1.54) is 23.5 Å². The zero-order valence-corrected chi connectivity index (χ0v) is 16.9. The molecule has 3 rings (SSSR count). The summed E-state index contributed by atoms with van der Waals surface area (Å²) in [5.41, 5.74) is 1.91. The Bertz CT molecular complexity index is 1060. The fraction of sp³-hybridized carbons (Fsp3) is 0.263. The second kappa shape index (κ2) is 7.75. The number of rotatable bonds is 6. The van der Waals surface area contributed by atoms with Crippen molar-refractivity contribution >= 4 is 42.6 Å². The zero-order chi connectivity index (χ0) is 19.6. The number of thiazole rings is 1. The number of fused-ring (bicyclic) bond motifs is 1. The Morgan fingerprint density at radius 1 is 1.11 bits per heavy atom. The number of amides is 1. The summed E-state index contributed by atoms with van der Waals surface area (Å²) in [7, 11) is -3.80. The number of aryl methyl sites for hydroxylation is 1. The molecule has 1 atom stereocenters. The number of nitrogens with one attached hydrogen (secondary N) is 2. The summed E-state index contributed by atoms with van der Waals surface area (Å²) in [5.74, 6) is -0.666. The highest BCUT2D eigenvalue weighted by Crippen LogP contribution is 2.27. The molecule has 0 unspecified atom stereocenters. The van der Waals surface area contributed by atoms with Crippen LogP contribution in [0, 0.1) is 12.8 Å². The largest absolute Gasteiger partial charge is 0.301 e. The van der Waals surface area contributed by atoms with Crippen LogP contribution in [0.15, 0.2) is 53.4 Å². The molecular weight excluding hydrogens is 382 g/mol. The molecular formula is C19H21N3O3S2. The summed E-state index contributed by atoms with van der Waals surface area (Å²) >= 11 is 1.36. The SMILES string of the molecule is Cc1ccc2nc(NC(=O)[C@H](NS(=O)(=O)c3ccccc3)C(C)C)sc2c1. The maximum absolute atomic E-state index is 12.7. The van der Waals surface area contributed by atoms with Crippen LogP contribution in [-0.2, 0) is 14.8 Å². The third kappa shape index (κ3) is 4.52. The summed E-state index contributed by atoms with van der Waals surface area (Å²) < 4.78 is 28.6. The normalized spacial score (nSPS) is 13.0. The lowest BCUT2D eigenvalue weighted by molar-refractivity contribution is -0.118. The first-order valence-corrected chi connectivity index (χ1v) is 10.8. The minimum atomic E-state index is -3.80. The van der Waals surface area contributed by atoms with Crippen LogP contribution in [0.2, 0.25) is 0 Å². The number of hydrogen-bond donors (Lipinski definition) is 2. The third-order valence-electron chi connectivity index (χ3n) is 4.06. The van der Waals surface area contributed by atoms with Gasteiger partial charge in [-0.25, -0.2) is 13.4 Å². The van der Waals surface area contributed by atoms with Crippen LogP contribution in [0.25, 0.3) is 10.2 Å². The number of hydrogen-bond acceptors (Lipinski definition) is 5. The van der Waals surface area contributed by atoms with E-state index in [9.17, 15) is 13.2 Å². The van der Waals surface area contributed by atoms with Crippen molar-refractivity contribution in [2.75, 3.05) is 5.32 Å². The predicted molar refractivity (Wildman–Crippen MR) is 108 cm³/mol. The standard InChI is InChI=1S/C19H21N3O3S2/c1-12(2)17(22-27(24,25)14-7-5-4-6-8-14)18(23)21-19-20-15-10-9-13(3)11-16(15)26-19/h4-12,17,22H,1-3H3,(H,20,21,23)/t17-/m1/s1. The number of carbonyl (C=O) groups excluding carboxylic acids is 1. The molecule has 8 heteroatoms. The van der Waals surface area contributed by atoms with E-state index in [1.54, 1.807) is 32.0 Å². The van der Waals surface area contributed by atoms with Gasteiger partial charge >= 0.3 is 0 Å². The molecule has 142 valence electrons. The molecule has 0 saturated heterocycles. The molecule has 2 aromatic carbocycles. The molecule has 1 heterocycles. The number of aromatic nitrogens is 1. The maximum Gasteiger partial charge on any atom is 0.244 e. The van der Waals surface area contributed by atoms with Crippen molar-refractivity contribution in [3.63, 3.8) is 0 Å². The molecule has 0 aliphatic rings. The first-order valence-electron chi connectivity index (χ1n) is 8.52. The summed E-state index contributed by atoms with van der Waals surface area (Å²) in [6.07, 6.45) is 0. The quantitative estimate of drug-likeness (QED) is 0.659. The van der Waals surface area contributed by atoms with E-state index < -0.39 is 22.0 Å². The van der Waals surface area contributed by atoms with E-state index in [1.807, 2.05) is 25.1 Å². The van der Waals surface area contributed by atoms with Crippen molar-refractivity contribution in [1.29, 1.82) is 0 Å². The predicted octanol–water partition coefficient (Wildman–Crippen LogP) is 3.55. The van der Waals surface area contributed by atoms with Gasteiger partial charge in [0.25, 0.3) is 0 Å². The van der Waals surface area contributed by atoms with Crippen molar-refractivity contribution in [2.45, 2.75) is 31.7 Å². The lowest BCUT2D eigenvalue weighted by Crippen LogP contribution is -2.46. The number of nitrogens with zero attached hydrogens (tertiary/aromatic N) is 1. The fourth-order valence-corrected chi connectivity index (χ4v) is 4.93. The Morgan fingerprint density at radius 2 is 1.81 bits per heavy atom. The smallest absolute Gasteiger partial charge is 0.244 e. The molecule has 0 aliphatic heterocycles. The zero-order valence-electron chi connectivity index (χ0n) is 15.3. The van der Waals surface area contributed by atoms with E-state index in [0.717, 1.165) is 15.8 Å². The van der Waals surface area contributed by atoms with Gasteiger partial charge in [-0.15, -0.1) is 0 Å². The van der Waals surface area contributed by atoms with E-state index in [2.05, 4.69) is 15.0 Å². The molecule has 1 aromatic heterocycles. The summed E-state index contributed by atoms with van der Waals surface area (Å²) in [5, 5.41) is 3.20. The van der Waals surface area contributed by atoms with Crippen LogP contribution < -0.4 is 10.0 Å². The third-order valence-corrected chi connectivity index (χ3v) is 6.45. The summed E-state index contributed by atoms with van der Waals surface area (Å²) in [6.45, 7) is 5.57. The second-order valence-electron chi connectivity index (χ2n) is 6.64. The minimum absolute atomic E-state index is 0.124. The number of anilines is 1. The molecule has 0 radical (unpaired) electrons. The van der Waals surface area contributed by atoms with Gasteiger partial charge in [-0.1, -0.05) is 49.4 Å². The van der Waals surface area contributed by atoms with Crippen molar-refractivity contribution in [2.24, 2.45) is 5.92 Å². The van der Waals surface area contributed by atoms with Gasteiger partial charge in [-0.05, 0) is 42.7 Å². The summed E-state index contributed by atoms with van der Waals surface area (Å²) in [4.78, 5) is 17.3. The van der Waals surface area contributed by atoms with Crippen molar-refractivity contribution < 1.29 is 13.2 Å². The molecule has 1 amide bonds. The van der Waals surface area contributed by atoms with Gasteiger partial charge in [-0.3, -0.25) is 4.79 Å². The Balaban J connectivity index is 1.80. The van der Waals surface area contributed by atoms with E-state index in [0.29, 0.717) is 5.13 Å². The van der Waals surface area contributed by atoms with Gasteiger partial charge in [0, 0.05) is 0 Å². The van der Waals surface area contributed by atoms with E-state index in [-0.39, 0.29) is 10.8 Å². The van der Waals surface area contributed by atoms with Gasteiger partial charge in [0.1, 0.15) is 6.04 Å². The second-order valence-corrected chi connectivity index (χ2v) is 9.38. The molecule has 27 heavy (non-hydrogen) atoms. The first-order chi connectivity index (χ1) is 12.8. The minimum Gasteiger partial charge on any atom is -0.301 e. The first kappa shape index (κ1) is 19.5.